The molecule has 0 radical (unpaired) electrons. The Morgan fingerprint density at radius 1 is 1.15 bits per heavy atom. The van der Waals surface area contributed by atoms with Crippen LogP contribution in [0.4, 0.5) is 0 Å². The zero-order valence-electron chi connectivity index (χ0n) is 11.6. The first-order chi connectivity index (χ1) is 9.56. The first kappa shape index (κ1) is 15.0. The summed E-state index contributed by atoms with van der Waals surface area (Å²) in [4.78, 5) is 16.7. The summed E-state index contributed by atoms with van der Waals surface area (Å²) in [5, 5.41) is 1.43. The highest BCUT2D eigenvalue weighted by molar-refractivity contribution is 7.99. The number of halogens is 1. The predicted octanol–water partition coefficient (Wildman–Crippen LogP) is 3.48. The lowest BCUT2D eigenvalue weighted by atomic mass is 10.3. The number of aryl methyl sites for hydroxylation is 2. The Morgan fingerprint density at radius 3 is 2.65 bits per heavy atom. The van der Waals surface area contributed by atoms with E-state index in [9.17, 15) is 0 Å². The summed E-state index contributed by atoms with van der Waals surface area (Å²) in [5.41, 5.74) is 2.10. The monoisotopic (exact) mass is 310 g/mol. The molecule has 0 atom stereocenters. The second-order valence-corrected chi connectivity index (χ2v) is 5.57. The van der Waals surface area contributed by atoms with E-state index < -0.39 is 0 Å². The van der Waals surface area contributed by atoms with Crippen LogP contribution in [0.5, 0.6) is 6.01 Å². The van der Waals surface area contributed by atoms with Crippen molar-refractivity contribution < 1.29 is 4.74 Å². The molecule has 5 nitrogen and oxygen atoms in total. The Labute approximate surface area is 127 Å². The Morgan fingerprint density at radius 2 is 1.95 bits per heavy atom. The third kappa shape index (κ3) is 4.31. The van der Waals surface area contributed by atoms with Crippen LogP contribution in [0.15, 0.2) is 22.3 Å². The maximum absolute atomic E-state index is 5.88. The minimum Gasteiger partial charge on any atom is -0.463 e. The van der Waals surface area contributed by atoms with Gasteiger partial charge in [-0.15, -0.1) is 0 Å². The first-order valence-corrected chi connectivity index (χ1v) is 7.44. The Balaban J connectivity index is 2.21. The zero-order chi connectivity index (χ0) is 14.5. The molecular weight excluding hydrogens is 296 g/mol. The molecular formula is C13H15ClN4OS. The maximum Gasteiger partial charge on any atom is 0.321 e. The van der Waals surface area contributed by atoms with Crippen LogP contribution in [0.2, 0.25) is 5.28 Å². The Bertz CT molecular complexity index is 589. The number of hydrogen-bond donors (Lipinski definition) is 0. The molecule has 2 rings (SSSR count). The number of aromatic nitrogens is 4. The van der Waals surface area contributed by atoms with Crippen LogP contribution in [-0.2, 0) is 0 Å². The molecule has 0 spiro atoms. The molecule has 2 aromatic rings. The zero-order valence-corrected chi connectivity index (χ0v) is 13.1. The van der Waals surface area contributed by atoms with Gasteiger partial charge in [-0.25, -0.2) is 4.98 Å². The van der Waals surface area contributed by atoms with Crippen LogP contribution in [-0.4, -0.2) is 26.5 Å². The van der Waals surface area contributed by atoms with Gasteiger partial charge >= 0.3 is 6.01 Å². The fourth-order valence-corrected chi connectivity index (χ4v) is 2.65. The van der Waals surface area contributed by atoms with E-state index in [1.54, 1.807) is 0 Å². The second kappa shape index (κ2) is 6.85. The summed E-state index contributed by atoms with van der Waals surface area (Å²) in [7, 11) is 0. The molecule has 0 aliphatic heterocycles. The van der Waals surface area contributed by atoms with Crippen molar-refractivity contribution in [2.24, 2.45) is 0 Å². The van der Waals surface area contributed by atoms with Crippen molar-refractivity contribution in [3.8, 4) is 6.01 Å². The summed E-state index contributed by atoms with van der Waals surface area (Å²) in [6, 6.07) is 4.24. The number of hydrogen-bond acceptors (Lipinski definition) is 6. The predicted molar refractivity (Wildman–Crippen MR) is 78.5 cm³/mol. The van der Waals surface area contributed by atoms with Gasteiger partial charge in [0, 0.05) is 5.69 Å². The van der Waals surface area contributed by atoms with E-state index in [2.05, 4.69) is 19.9 Å². The third-order valence-electron chi connectivity index (χ3n) is 2.27. The van der Waals surface area contributed by atoms with Crippen molar-refractivity contribution >= 4 is 23.4 Å². The van der Waals surface area contributed by atoms with Gasteiger partial charge in [-0.05, 0) is 61.3 Å². The molecule has 0 amide bonds. The molecule has 0 saturated heterocycles. The van der Waals surface area contributed by atoms with Crippen LogP contribution in [0.3, 0.4) is 0 Å². The number of pyridine rings is 1. The average molecular weight is 311 g/mol. The summed E-state index contributed by atoms with van der Waals surface area (Å²) in [6.45, 7) is 6.53. The van der Waals surface area contributed by atoms with E-state index in [0.29, 0.717) is 11.8 Å². The standard InChI is InChI=1S/C13H15ClN4OS/c1-4-5-19-12-16-11(14)17-13(18-12)20-10-7-8(2)6-9(3)15-10/h6-7H,4-5H2,1-3H3. The molecule has 20 heavy (non-hydrogen) atoms. The maximum atomic E-state index is 5.88. The summed E-state index contributed by atoms with van der Waals surface area (Å²) < 4.78 is 5.38. The van der Waals surface area contributed by atoms with Crippen molar-refractivity contribution in [1.29, 1.82) is 0 Å². The molecule has 0 aliphatic rings. The van der Waals surface area contributed by atoms with E-state index in [1.807, 2.05) is 32.9 Å². The van der Waals surface area contributed by atoms with E-state index in [1.165, 1.54) is 11.8 Å². The van der Waals surface area contributed by atoms with E-state index in [4.69, 9.17) is 16.3 Å². The third-order valence-corrected chi connectivity index (χ3v) is 3.22. The Kier molecular flexibility index (Phi) is 5.14. The van der Waals surface area contributed by atoms with E-state index >= 15 is 0 Å². The van der Waals surface area contributed by atoms with Crippen LogP contribution in [0.1, 0.15) is 24.6 Å². The molecule has 0 bridgehead atoms. The molecule has 0 saturated carbocycles. The first-order valence-electron chi connectivity index (χ1n) is 6.24. The van der Waals surface area contributed by atoms with E-state index in [-0.39, 0.29) is 11.3 Å². The smallest absolute Gasteiger partial charge is 0.321 e. The quantitative estimate of drug-likeness (QED) is 0.842. The summed E-state index contributed by atoms with van der Waals surface area (Å²) in [6.07, 6.45) is 0.879. The van der Waals surface area contributed by atoms with Crippen molar-refractivity contribution in [1.82, 2.24) is 19.9 Å². The highest BCUT2D eigenvalue weighted by Crippen LogP contribution is 2.25. The highest BCUT2D eigenvalue weighted by atomic mass is 35.5. The lowest BCUT2D eigenvalue weighted by Gasteiger charge is -2.05. The fraction of sp³-hybridized carbons (Fsp3) is 0.385. The average Bonchev–Trinajstić information content (AvgIpc) is 2.34. The largest absolute Gasteiger partial charge is 0.463 e. The SMILES string of the molecule is CCCOc1nc(Cl)nc(Sc2cc(C)cc(C)n2)n1. The Hall–Kier alpha value is -1.40. The molecule has 0 fully saturated rings. The van der Waals surface area contributed by atoms with Crippen LogP contribution in [0.25, 0.3) is 0 Å². The van der Waals surface area contributed by atoms with Gasteiger partial charge in [-0.1, -0.05) is 6.92 Å². The van der Waals surface area contributed by atoms with Gasteiger partial charge in [0.05, 0.1) is 6.61 Å². The van der Waals surface area contributed by atoms with Gasteiger partial charge in [0.15, 0.2) is 0 Å². The minimum absolute atomic E-state index is 0.123. The molecule has 0 N–H and O–H groups in total. The van der Waals surface area contributed by atoms with Gasteiger partial charge in [0.1, 0.15) is 5.03 Å². The van der Waals surface area contributed by atoms with Gasteiger partial charge in [0.2, 0.25) is 10.4 Å². The topological polar surface area (TPSA) is 60.8 Å². The molecule has 0 aromatic carbocycles. The number of nitrogens with zero attached hydrogens (tertiary/aromatic N) is 4. The second-order valence-electron chi connectivity index (χ2n) is 4.24. The van der Waals surface area contributed by atoms with Crippen LogP contribution < -0.4 is 4.74 Å². The summed E-state index contributed by atoms with van der Waals surface area (Å²) in [5.74, 6) is 0. The van der Waals surface area contributed by atoms with Gasteiger partial charge in [-0.2, -0.15) is 15.0 Å². The molecule has 2 heterocycles. The molecule has 0 aliphatic carbocycles. The van der Waals surface area contributed by atoms with Crippen molar-refractivity contribution in [2.45, 2.75) is 37.4 Å². The van der Waals surface area contributed by atoms with Crippen molar-refractivity contribution in [2.75, 3.05) is 6.61 Å². The minimum atomic E-state index is 0.123. The summed E-state index contributed by atoms with van der Waals surface area (Å²) >= 11 is 7.22. The fourth-order valence-electron chi connectivity index (χ4n) is 1.57. The number of ether oxygens (including phenoxy) is 1. The van der Waals surface area contributed by atoms with Gasteiger partial charge in [-0.3, -0.25) is 0 Å². The molecule has 0 unspecified atom stereocenters. The molecule has 7 heteroatoms. The van der Waals surface area contributed by atoms with Crippen LogP contribution in [0, 0.1) is 13.8 Å². The van der Waals surface area contributed by atoms with Gasteiger partial charge in [0.25, 0.3) is 0 Å². The van der Waals surface area contributed by atoms with Crippen LogP contribution >= 0.6 is 23.4 Å². The van der Waals surface area contributed by atoms with Gasteiger partial charge < -0.3 is 4.74 Å². The lowest BCUT2D eigenvalue weighted by molar-refractivity contribution is 0.288. The van der Waals surface area contributed by atoms with E-state index in [0.717, 1.165) is 22.7 Å². The molecule has 2 aromatic heterocycles. The van der Waals surface area contributed by atoms with Crippen molar-refractivity contribution in [3.63, 3.8) is 0 Å². The highest BCUT2D eigenvalue weighted by Gasteiger charge is 2.09. The molecule has 106 valence electrons. The number of rotatable bonds is 5. The normalized spacial score (nSPS) is 10.6. The lowest BCUT2D eigenvalue weighted by Crippen LogP contribution is -2.02. The van der Waals surface area contributed by atoms with Crippen molar-refractivity contribution in [3.05, 3.63) is 28.7 Å².